The average Bonchev–Trinajstić information content (AvgIpc) is 3.41. The zero-order valence-corrected chi connectivity index (χ0v) is 19.3. The predicted molar refractivity (Wildman–Crippen MR) is 128 cm³/mol. The molecule has 0 saturated carbocycles. The monoisotopic (exact) mass is 446 g/mol. The van der Waals surface area contributed by atoms with Gasteiger partial charge in [0.2, 0.25) is 5.91 Å². The number of furan rings is 1. The van der Waals surface area contributed by atoms with E-state index >= 15 is 0 Å². The highest BCUT2D eigenvalue weighted by molar-refractivity contribution is 6.05. The van der Waals surface area contributed by atoms with Gasteiger partial charge in [0.05, 0.1) is 20.0 Å². The number of anilines is 1. The van der Waals surface area contributed by atoms with E-state index in [0.717, 1.165) is 44.5 Å². The molecule has 0 atom stereocenters. The van der Waals surface area contributed by atoms with Crippen molar-refractivity contribution in [3.63, 3.8) is 0 Å². The molecule has 170 valence electrons. The minimum Gasteiger partial charge on any atom is -0.496 e. The Hall–Kier alpha value is -4.00. The Morgan fingerprint density at radius 1 is 1.18 bits per heavy atom. The molecule has 7 nitrogen and oxygen atoms in total. The van der Waals surface area contributed by atoms with E-state index < -0.39 is 0 Å². The maximum atomic E-state index is 12.6. The fourth-order valence-electron chi connectivity index (χ4n) is 3.88. The molecule has 0 fully saturated rings. The second kappa shape index (κ2) is 9.24. The van der Waals surface area contributed by atoms with Crippen molar-refractivity contribution in [3.05, 3.63) is 65.6 Å². The number of carbonyl (C=O) groups excluding carboxylic acids is 1. The predicted octanol–water partition coefficient (Wildman–Crippen LogP) is 6.15. The van der Waals surface area contributed by atoms with Crippen LogP contribution >= 0.6 is 0 Å². The summed E-state index contributed by atoms with van der Waals surface area (Å²) in [7, 11) is 1.65. The summed E-state index contributed by atoms with van der Waals surface area (Å²) in [6.07, 6.45) is 3.25. The second-order valence-corrected chi connectivity index (χ2v) is 7.68. The van der Waals surface area contributed by atoms with Gasteiger partial charge < -0.3 is 23.7 Å². The van der Waals surface area contributed by atoms with Crippen molar-refractivity contribution in [2.75, 3.05) is 19.0 Å². The van der Waals surface area contributed by atoms with Gasteiger partial charge in [0.25, 0.3) is 0 Å². The van der Waals surface area contributed by atoms with E-state index in [9.17, 15) is 4.79 Å². The van der Waals surface area contributed by atoms with Gasteiger partial charge >= 0.3 is 0 Å². The number of ether oxygens (including phenoxy) is 2. The van der Waals surface area contributed by atoms with Gasteiger partial charge in [0, 0.05) is 39.8 Å². The van der Waals surface area contributed by atoms with Crippen LogP contribution in [0.5, 0.6) is 11.5 Å². The maximum absolute atomic E-state index is 12.6. The fourth-order valence-corrected chi connectivity index (χ4v) is 3.88. The maximum Gasteiger partial charge on any atom is 0.249 e. The number of aryl methyl sites for hydroxylation is 2. The van der Waals surface area contributed by atoms with Crippen LogP contribution < -0.4 is 14.8 Å². The molecule has 0 spiro atoms. The van der Waals surface area contributed by atoms with Gasteiger partial charge in [-0.1, -0.05) is 23.4 Å². The molecule has 2 aromatic carbocycles. The van der Waals surface area contributed by atoms with E-state index in [0.29, 0.717) is 23.9 Å². The number of benzene rings is 2. The molecular weight excluding hydrogens is 420 g/mol. The van der Waals surface area contributed by atoms with Crippen LogP contribution in [0.2, 0.25) is 0 Å². The van der Waals surface area contributed by atoms with Gasteiger partial charge in [-0.2, -0.15) is 0 Å². The number of aromatic nitrogens is 1. The van der Waals surface area contributed by atoms with Crippen molar-refractivity contribution in [1.82, 2.24) is 5.16 Å². The number of hydrogen-bond donors (Lipinski definition) is 1. The first kappa shape index (κ1) is 22.2. The van der Waals surface area contributed by atoms with Crippen LogP contribution in [0.1, 0.15) is 30.7 Å². The zero-order valence-electron chi connectivity index (χ0n) is 19.3. The summed E-state index contributed by atoms with van der Waals surface area (Å²) in [5.74, 6) is 2.12. The number of para-hydroxylation sites is 1. The molecule has 1 amide bonds. The number of nitrogens with one attached hydrogen (secondary N) is 1. The van der Waals surface area contributed by atoms with Crippen molar-refractivity contribution in [2.24, 2.45) is 0 Å². The molecular formula is C26H26N2O5. The van der Waals surface area contributed by atoms with Crippen LogP contribution in [-0.2, 0) is 4.79 Å². The molecule has 0 saturated heterocycles. The summed E-state index contributed by atoms with van der Waals surface area (Å²) < 4.78 is 22.5. The van der Waals surface area contributed by atoms with E-state index in [1.165, 1.54) is 6.08 Å². The average molecular weight is 447 g/mol. The van der Waals surface area contributed by atoms with Crippen molar-refractivity contribution in [2.45, 2.75) is 27.7 Å². The molecule has 0 aliphatic rings. The third-order valence-corrected chi connectivity index (χ3v) is 5.38. The van der Waals surface area contributed by atoms with E-state index in [1.807, 2.05) is 51.1 Å². The standard InChI is InChI=1S/C26H26N2O5/c1-6-31-25-17(4)26-20(21(14-32-26)18-9-7-8-10-22(18)30-5)13-19(25)15(2)11-24(29)27-23-12-16(3)33-28-23/h7-14H,6H2,1-5H3,(H,27,28,29)/b15-11+. The third kappa shape index (κ3) is 4.35. The number of amides is 1. The topological polar surface area (TPSA) is 86.7 Å². The number of hydrogen-bond acceptors (Lipinski definition) is 6. The Labute approximate surface area is 192 Å². The molecule has 0 unspecified atom stereocenters. The minimum absolute atomic E-state index is 0.307. The van der Waals surface area contributed by atoms with E-state index in [1.54, 1.807) is 26.4 Å². The summed E-state index contributed by atoms with van der Waals surface area (Å²) in [5.41, 5.74) is 4.99. The van der Waals surface area contributed by atoms with Gasteiger partial charge in [-0.3, -0.25) is 4.79 Å². The molecule has 7 heteroatoms. The molecule has 1 N–H and O–H groups in total. The molecule has 0 aliphatic carbocycles. The Kier molecular flexibility index (Phi) is 6.22. The number of carbonyl (C=O) groups is 1. The van der Waals surface area contributed by atoms with Gasteiger partial charge in [-0.25, -0.2) is 0 Å². The molecule has 33 heavy (non-hydrogen) atoms. The van der Waals surface area contributed by atoms with Gasteiger partial charge in [0.1, 0.15) is 22.8 Å². The lowest BCUT2D eigenvalue weighted by atomic mass is 9.96. The van der Waals surface area contributed by atoms with Crippen molar-refractivity contribution < 1.29 is 23.2 Å². The molecule has 2 heterocycles. The van der Waals surface area contributed by atoms with Crippen molar-refractivity contribution in [3.8, 4) is 22.6 Å². The van der Waals surface area contributed by atoms with Crippen LogP contribution in [0.3, 0.4) is 0 Å². The first-order chi connectivity index (χ1) is 15.9. The van der Waals surface area contributed by atoms with Crippen LogP contribution in [0.4, 0.5) is 5.82 Å². The molecule has 2 aromatic heterocycles. The number of allylic oxidation sites excluding steroid dienone is 1. The van der Waals surface area contributed by atoms with Crippen molar-refractivity contribution >= 4 is 28.3 Å². The number of rotatable bonds is 7. The molecule has 4 rings (SSSR count). The van der Waals surface area contributed by atoms with Crippen LogP contribution in [-0.4, -0.2) is 24.8 Å². The molecule has 4 aromatic rings. The van der Waals surface area contributed by atoms with E-state index in [4.69, 9.17) is 18.4 Å². The number of fused-ring (bicyclic) bond motifs is 1. The van der Waals surface area contributed by atoms with Gasteiger partial charge in [-0.05, 0) is 45.4 Å². The molecule has 0 aliphatic heterocycles. The van der Waals surface area contributed by atoms with Gasteiger partial charge in [0.15, 0.2) is 5.82 Å². The van der Waals surface area contributed by atoms with Crippen LogP contribution in [0.25, 0.3) is 27.7 Å². The fraction of sp³-hybridized carbons (Fsp3) is 0.231. The Morgan fingerprint density at radius 3 is 2.67 bits per heavy atom. The summed E-state index contributed by atoms with van der Waals surface area (Å²) >= 11 is 0. The highest BCUT2D eigenvalue weighted by Crippen LogP contribution is 2.42. The third-order valence-electron chi connectivity index (χ3n) is 5.38. The summed E-state index contributed by atoms with van der Waals surface area (Å²) in [5, 5.41) is 7.44. The molecule has 0 bridgehead atoms. The Bertz CT molecular complexity index is 1350. The van der Waals surface area contributed by atoms with Crippen LogP contribution in [0, 0.1) is 13.8 Å². The highest BCUT2D eigenvalue weighted by atomic mass is 16.5. The van der Waals surface area contributed by atoms with Crippen LogP contribution in [0.15, 0.2) is 57.7 Å². The largest absolute Gasteiger partial charge is 0.496 e. The lowest BCUT2D eigenvalue weighted by molar-refractivity contribution is -0.111. The highest BCUT2D eigenvalue weighted by Gasteiger charge is 2.20. The minimum atomic E-state index is -0.307. The zero-order chi connectivity index (χ0) is 23.5. The van der Waals surface area contributed by atoms with E-state index in [-0.39, 0.29) is 5.91 Å². The lowest BCUT2D eigenvalue weighted by Crippen LogP contribution is -2.09. The number of nitrogens with zero attached hydrogens (tertiary/aromatic N) is 1. The normalized spacial score (nSPS) is 11.6. The Balaban J connectivity index is 1.82. The van der Waals surface area contributed by atoms with Crippen molar-refractivity contribution in [1.29, 1.82) is 0 Å². The quantitative estimate of drug-likeness (QED) is 0.343. The van der Waals surface area contributed by atoms with E-state index in [2.05, 4.69) is 10.5 Å². The summed E-state index contributed by atoms with van der Waals surface area (Å²) in [4.78, 5) is 12.6. The lowest BCUT2D eigenvalue weighted by Gasteiger charge is -2.15. The number of methoxy groups -OCH3 is 1. The summed E-state index contributed by atoms with van der Waals surface area (Å²) in [6, 6.07) is 11.4. The second-order valence-electron chi connectivity index (χ2n) is 7.68. The summed E-state index contributed by atoms with van der Waals surface area (Å²) in [6.45, 7) is 8.00. The Morgan fingerprint density at radius 2 is 1.97 bits per heavy atom. The first-order valence-corrected chi connectivity index (χ1v) is 10.7. The SMILES string of the molecule is CCOc1c(/C(C)=C/C(=O)Nc2cc(C)on2)cc2c(-c3ccccc3OC)coc2c1C. The smallest absolute Gasteiger partial charge is 0.249 e. The van der Waals surface area contributed by atoms with Gasteiger partial charge in [-0.15, -0.1) is 0 Å². The molecule has 0 radical (unpaired) electrons. The first-order valence-electron chi connectivity index (χ1n) is 10.7.